The molecule has 1 aromatic carbocycles. The lowest BCUT2D eigenvalue weighted by molar-refractivity contribution is 0.101. The number of halogens is 1. The number of benzene rings is 1. The van der Waals surface area contributed by atoms with Crippen LogP contribution in [0.5, 0.6) is 11.5 Å². The van der Waals surface area contributed by atoms with Crippen LogP contribution in [0.3, 0.4) is 0 Å². The molecule has 0 aromatic heterocycles. The molecule has 0 saturated carbocycles. The minimum absolute atomic E-state index is 0.0898. The number of hydrogen-bond donors (Lipinski definition) is 1. The number of phenolic OH excluding ortho intramolecular Hbond substituents is 1. The fourth-order valence-corrected chi connectivity index (χ4v) is 2.53. The predicted molar refractivity (Wildman–Crippen MR) is 91.3 cm³/mol. The SMILES string of the molecule is CCCCC/C(C)=C/COc1cc(O)c(C(C)=O)c(C)c1Cl. The zero-order valence-electron chi connectivity index (χ0n) is 13.8. The Morgan fingerprint density at radius 2 is 2.05 bits per heavy atom. The van der Waals surface area contributed by atoms with Crippen molar-refractivity contribution in [2.24, 2.45) is 0 Å². The number of aromatic hydroxyl groups is 1. The monoisotopic (exact) mass is 324 g/mol. The molecule has 0 aliphatic heterocycles. The molecule has 1 rings (SSSR count). The van der Waals surface area contributed by atoms with Gasteiger partial charge in [0.15, 0.2) is 5.78 Å². The first-order valence-corrected chi connectivity index (χ1v) is 8.07. The van der Waals surface area contributed by atoms with Gasteiger partial charge in [-0.15, -0.1) is 0 Å². The molecule has 3 nitrogen and oxygen atoms in total. The maximum Gasteiger partial charge on any atom is 0.163 e. The standard InChI is InChI=1S/C18H25ClO3/c1-5-6-7-8-12(2)9-10-22-16-11-15(21)17(14(4)20)13(3)18(16)19/h9,11,21H,5-8,10H2,1-4H3/b12-9+. The molecule has 0 unspecified atom stereocenters. The first-order chi connectivity index (χ1) is 10.4. The van der Waals surface area contributed by atoms with Gasteiger partial charge in [-0.05, 0) is 45.3 Å². The first-order valence-electron chi connectivity index (χ1n) is 7.69. The van der Waals surface area contributed by atoms with Crippen LogP contribution < -0.4 is 4.74 Å². The zero-order valence-corrected chi connectivity index (χ0v) is 14.6. The molecular formula is C18H25ClO3. The van der Waals surface area contributed by atoms with Crippen molar-refractivity contribution in [2.75, 3.05) is 6.61 Å². The molecule has 0 atom stereocenters. The van der Waals surface area contributed by atoms with Crippen LogP contribution in [-0.2, 0) is 0 Å². The maximum atomic E-state index is 11.5. The molecule has 0 amide bonds. The van der Waals surface area contributed by atoms with Crippen LogP contribution >= 0.6 is 11.6 Å². The van der Waals surface area contributed by atoms with Gasteiger partial charge in [0.25, 0.3) is 0 Å². The Morgan fingerprint density at radius 1 is 1.36 bits per heavy atom. The van der Waals surface area contributed by atoms with Crippen molar-refractivity contribution in [3.05, 3.63) is 33.9 Å². The number of allylic oxidation sites excluding steroid dienone is 1. The lowest BCUT2D eigenvalue weighted by Gasteiger charge is -2.13. The van der Waals surface area contributed by atoms with Gasteiger partial charge < -0.3 is 9.84 Å². The number of phenols is 1. The molecule has 0 spiro atoms. The molecule has 0 aliphatic carbocycles. The Morgan fingerprint density at radius 3 is 2.64 bits per heavy atom. The number of unbranched alkanes of at least 4 members (excludes halogenated alkanes) is 2. The number of carbonyl (C=O) groups is 1. The van der Waals surface area contributed by atoms with Crippen LogP contribution in [0.2, 0.25) is 5.02 Å². The van der Waals surface area contributed by atoms with Crippen molar-refractivity contribution in [1.82, 2.24) is 0 Å². The largest absolute Gasteiger partial charge is 0.507 e. The second-order valence-corrected chi connectivity index (χ2v) is 5.96. The molecule has 0 saturated heterocycles. The van der Waals surface area contributed by atoms with E-state index in [1.807, 2.05) is 6.08 Å². The van der Waals surface area contributed by atoms with E-state index >= 15 is 0 Å². The lowest BCUT2D eigenvalue weighted by Crippen LogP contribution is -2.01. The highest BCUT2D eigenvalue weighted by molar-refractivity contribution is 6.33. The van der Waals surface area contributed by atoms with E-state index in [1.165, 1.54) is 37.8 Å². The summed E-state index contributed by atoms with van der Waals surface area (Å²) >= 11 is 6.22. The van der Waals surface area contributed by atoms with Gasteiger partial charge in [0.05, 0.1) is 10.6 Å². The molecule has 0 bridgehead atoms. The highest BCUT2D eigenvalue weighted by Crippen LogP contribution is 2.36. The number of carbonyl (C=O) groups excluding carboxylic acids is 1. The Balaban J connectivity index is 2.75. The quantitative estimate of drug-likeness (QED) is 0.392. The Labute approximate surface area is 137 Å². The molecule has 122 valence electrons. The number of rotatable bonds is 8. The van der Waals surface area contributed by atoms with E-state index < -0.39 is 0 Å². The molecule has 22 heavy (non-hydrogen) atoms. The van der Waals surface area contributed by atoms with E-state index in [2.05, 4.69) is 13.8 Å². The summed E-state index contributed by atoms with van der Waals surface area (Å²) in [4.78, 5) is 11.5. The summed E-state index contributed by atoms with van der Waals surface area (Å²) < 4.78 is 5.63. The fourth-order valence-electron chi connectivity index (χ4n) is 2.33. The highest BCUT2D eigenvalue weighted by Gasteiger charge is 2.17. The van der Waals surface area contributed by atoms with E-state index in [0.717, 1.165) is 6.42 Å². The van der Waals surface area contributed by atoms with Crippen LogP contribution in [-0.4, -0.2) is 17.5 Å². The molecule has 0 aliphatic rings. The van der Waals surface area contributed by atoms with Gasteiger partial charge in [0.1, 0.15) is 18.1 Å². The van der Waals surface area contributed by atoms with Gasteiger partial charge in [-0.1, -0.05) is 36.9 Å². The third kappa shape index (κ3) is 5.06. The van der Waals surface area contributed by atoms with Crippen molar-refractivity contribution < 1.29 is 14.6 Å². The maximum absolute atomic E-state index is 11.5. The summed E-state index contributed by atoms with van der Waals surface area (Å²) in [7, 11) is 0. The van der Waals surface area contributed by atoms with Crippen LogP contribution in [0.15, 0.2) is 17.7 Å². The van der Waals surface area contributed by atoms with E-state index in [0.29, 0.717) is 22.9 Å². The Kier molecular flexibility index (Phi) is 7.46. The molecule has 1 N–H and O–H groups in total. The van der Waals surface area contributed by atoms with Crippen molar-refractivity contribution in [3.63, 3.8) is 0 Å². The second kappa shape index (κ2) is 8.84. The molecule has 1 aromatic rings. The summed E-state index contributed by atoms with van der Waals surface area (Å²) in [6.45, 7) is 7.78. The van der Waals surface area contributed by atoms with Crippen molar-refractivity contribution in [1.29, 1.82) is 0 Å². The average molecular weight is 325 g/mol. The lowest BCUT2D eigenvalue weighted by atomic mass is 10.0. The van der Waals surface area contributed by atoms with E-state index in [9.17, 15) is 9.90 Å². The molecule has 0 fully saturated rings. The van der Waals surface area contributed by atoms with Gasteiger partial charge in [-0.25, -0.2) is 0 Å². The number of ether oxygens (including phenoxy) is 1. The summed E-state index contributed by atoms with van der Waals surface area (Å²) in [5.41, 5.74) is 2.09. The van der Waals surface area contributed by atoms with Crippen molar-refractivity contribution in [2.45, 2.75) is 53.4 Å². The topological polar surface area (TPSA) is 46.5 Å². The third-order valence-corrected chi connectivity index (χ3v) is 4.11. The number of Topliss-reactive ketones (excluding diaryl/α,β-unsaturated/α-hetero) is 1. The van der Waals surface area contributed by atoms with Gasteiger partial charge >= 0.3 is 0 Å². The molecule has 4 heteroatoms. The average Bonchev–Trinajstić information content (AvgIpc) is 2.44. The highest BCUT2D eigenvalue weighted by atomic mass is 35.5. The van der Waals surface area contributed by atoms with Crippen molar-refractivity contribution >= 4 is 17.4 Å². The summed E-state index contributed by atoms with van der Waals surface area (Å²) in [5, 5.41) is 10.3. The number of hydrogen-bond acceptors (Lipinski definition) is 3. The van der Waals surface area contributed by atoms with Gasteiger partial charge in [0, 0.05) is 6.07 Å². The van der Waals surface area contributed by atoms with Crippen LogP contribution in [0.1, 0.15) is 62.4 Å². The first kappa shape index (κ1) is 18.6. The molecule has 0 heterocycles. The second-order valence-electron chi connectivity index (χ2n) is 5.58. The van der Waals surface area contributed by atoms with Crippen molar-refractivity contribution in [3.8, 4) is 11.5 Å². The van der Waals surface area contributed by atoms with Gasteiger partial charge in [0.2, 0.25) is 0 Å². The predicted octanol–water partition coefficient (Wildman–Crippen LogP) is 5.46. The van der Waals surface area contributed by atoms with E-state index in [1.54, 1.807) is 6.92 Å². The van der Waals surface area contributed by atoms with E-state index in [4.69, 9.17) is 16.3 Å². The summed E-state index contributed by atoms with van der Waals surface area (Å²) in [6, 6.07) is 1.41. The Bertz CT molecular complexity index is 562. The van der Waals surface area contributed by atoms with Crippen LogP contribution in [0.4, 0.5) is 0 Å². The minimum atomic E-state index is -0.213. The van der Waals surface area contributed by atoms with Crippen LogP contribution in [0, 0.1) is 6.92 Å². The molecule has 0 radical (unpaired) electrons. The zero-order chi connectivity index (χ0) is 16.7. The van der Waals surface area contributed by atoms with Gasteiger partial charge in [-0.2, -0.15) is 0 Å². The Hall–Kier alpha value is -1.48. The number of ketones is 1. The third-order valence-electron chi connectivity index (χ3n) is 3.64. The summed E-state index contributed by atoms with van der Waals surface area (Å²) in [5.74, 6) is 0.0995. The summed E-state index contributed by atoms with van der Waals surface area (Å²) in [6.07, 6.45) is 6.72. The van der Waals surface area contributed by atoms with E-state index in [-0.39, 0.29) is 17.1 Å². The molecular weight excluding hydrogens is 300 g/mol. The fraction of sp³-hybridized carbons (Fsp3) is 0.500. The minimum Gasteiger partial charge on any atom is -0.507 e. The normalized spacial score (nSPS) is 11.6. The smallest absolute Gasteiger partial charge is 0.163 e. The van der Waals surface area contributed by atoms with Crippen LogP contribution in [0.25, 0.3) is 0 Å². The van der Waals surface area contributed by atoms with Gasteiger partial charge in [-0.3, -0.25) is 4.79 Å².